The number of aromatic nitrogens is 2. The normalized spacial score (nSPS) is 14.4. The van der Waals surface area contributed by atoms with E-state index in [9.17, 15) is 8.78 Å². The average Bonchev–Trinajstić information content (AvgIpc) is 2.91. The van der Waals surface area contributed by atoms with Crippen molar-refractivity contribution < 1.29 is 8.78 Å². The topological polar surface area (TPSA) is 32.3 Å². The van der Waals surface area contributed by atoms with Gasteiger partial charge in [-0.2, -0.15) is 0 Å². The van der Waals surface area contributed by atoms with Gasteiger partial charge in [-0.1, -0.05) is 78.0 Å². The van der Waals surface area contributed by atoms with E-state index in [1.165, 1.54) is 36.0 Å². The van der Waals surface area contributed by atoms with Gasteiger partial charge in [0.05, 0.1) is 11.6 Å². The zero-order valence-electron chi connectivity index (χ0n) is 19.7. The number of thioether (sulfide) groups is 1. The van der Waals surface area contributed by atoms with Gasteiger partial charge in [-0.15, -0.1) is 0 Å². The number of hydrogen-bond acceptors (Lipinski definition) is 5. The van der Waals surface area contributed by atoms with Gasteiger partial charge in [0.1, 0.15) is 22.6 Å². The lowest BCUT2D eigenvalue weighted by Crippen LogP contribution is -2.48. The SMILES string of the molecule is CSc1nc(Cl)c(-c2ccccc2)c(N2CCN(C(c3ccc(F)cc3)c3ccc(F)cc3)CC2)n1. The van der Waals surface area contributed by atoms with Crippen LogP contribution in [0.5, 0.6) is 0 Å². The molecular formula is C28H25ClF2N4S. The monoisotopic (exact) mass is 522 g/mol. The minimum atomic E-state index is -0.278. The third-order valence-electron chi connectivity index (χ3n) is 6.42. The number of anilines is 1. The van der Waals surface area contributed by atoms with Crippen LogP contribution in [0.1, 0.15) is 17.2 Å². The van der Waals surface area contributed by atoms with Gasteiger partial charge in [0.2, 0.25) is 0 Å². The van der Waals surface area contributed by atoms with Gasteiger partial charge in [0.25, 0.3) is 0 Å². The first-order valence-electron chi connectivity index (χ1n) is 11.7. The van der Waals surface area contributed by atoms with Crippen molar-refractivity contribution in [3.05, 3.63) is 107 Å². The lowest BCUT2D eigenvalue weighted by atomic mass is 9.96. The van der Waals surface area contributed by atoms with E-state index >= 15 is 0 Å². The first kappa shape index (κ1) is 24.7. The Labute approximate surface area is 219 Å². The van der Waals surface area contributed by atoms with Crippen LogP contribution in [-0.2, 0) is 0 Å². The third kappa shape index (κ3) is 5.24. The molecule has 1 aliphatic rings. The van der Waals surface area contributed by atoms with E-state index in [1.54, 1.807) is 24.3 Å². The molecule has 0 radical (unpaired) electrons. The predicted molar refractivity (Wildman–Crippen MR) is 143 cm³/mol. The number of piperazine rings is 1. The number of halogens is 3. The largest absolute Gasteiger partial charge is 0.353 e. The molecule has 0 spiro atoms. The van der Waals surface area contributed by atoms with Crippen molar-refractivity contribution in [1.82, 2.24) is 14.9 Å². The standard InChI is InChI=1S/C28H25ClF2N4S/c1-36-28-32-26(29)24(19-5-3-2-4-6-19)27(33-28)35-17-15-34(16-18-35)25(20-7-11-22(30)12-8-20)21-9-13-23(31)14-10-21/h2-14,25H,15-18H2,1H3. The van der Waals surface area contributed by atoms with E-state index < -0.39 is 0 Å². The third-order valence-corrected chi connectivity index (χ3v) is 7.24. The highest BCUT2D eigenvalue weighted by Gasteiger charge is 2.29. The minimum Gasteiger partial charge on any atom is -0.353 e. The first-order chi connectivity index (χ1) is 17.5. The molecule has 0 amide bonds. The molecule has 184 valence electrons. The Bertz CT molecular complexity index is 1270. The number of rotatable bonds is 6. The summed E-state index contributed by atoms with van der Waals surface area (Å²) in [5.41, 5.74) is 3.74. The molecule has 0 bridgehead atoms. The average molecular weight is 523 g/mol. The lowest BCUT2D eigenvalue weighted by molar-refractivity contribution is 0.212. The molecule has 0 aliphatic carbocycles. The van der Waals surface area contributed by atoms with Crippen LogP contribution in [0.15, 0.2) is 84.0 Å². The highest BCUT2D eigenvalue weighted by atomic mass is 35.5. The molecule has 1 aromatic heterocycles. The van der Waals surface area contributed by atoms with Gasteiger partial charge >= 0.3 is 0 Å². The summed E-state index contributed by atoms with van der Waals surface area (Å²) in [5, 5.41) is 1.07. The zero-order chi connectivity index (χ0) is 25.1. The number of benzene rings is 3. The summed E-state index contributed by atoms with van der Waals surface area (Å²) >= 11 is 8.13. The summed E-state index contributed by atoms with van der Waals surface area (Å²) in [6, 6.07) is 23.0. The summed E-state index contributed by atoms with van der Waals surface area (Å²) in [7, 11) is 0. The van der Waals surface area contributed by atoms with Gasteiger partial charge < -0.3 is 4.90 Å². The van der Waals surface area contributed by atoms with Gasteiger partial charge in [-0.25, -0.2) is 18.7 Å². The van der Waals surface area contributed by atoms with E-state index in [0.29, 0.717) is 10.3 Å². The lowest BCUT2D eigenvalue weighted by Gasteiger charge is -2.40. The van der Waals surface area contributed by atoms with Crippen LogP contribution in [0.4, 0.5) is 14.6 Å². The Morgan fingerprint density at radius 2 is 1.33 bits per heavy atom. The number of hydrogen-bond donors (Lipinski definition) is 0. The Morgan fingerprint density at radius 3 is 1.86 bits per heavy atom. The van der Waals surface area contributed by atoms with Gasteiger partial charge in [-0.05, 0) is 47.2 Å². The van der Waals surface area contributed by atoms with Gasteiger partial charge in [0.15, 0.2) is 5.16 Å². The molecule has 1 aliphatic heterocycles. The summed E-state index contributed by atoms with van der Waals surface area (Å²) < 4.78 is 27.3. The maximum Gasteiger partial charge on any atom is 0.190 e. The summed E-state index contributed by atoms with van der Waals surface area (Å²) in [5.74, 6) is 0.269. The second kappa shape index (κ2) is 10.9. The van der Waals surface area contributed by atoms with Crippen molar-refractivity contribution >= 4 is 29.2 Å². The van der Waals surface area contributed by atoms with E-state index in [1.807, 2.05) is 36.6 Å². The van der Waals surface area contributed by atoms with Crippen LogP contribution in [-0.4, -0.2) is 47.3 Å². The molecule has 0 atom stereocenters. The van der Waals surface area contributed by atoms with Crippen molar-refractivity contribution in [3.63, 3.8) is 0 Å². The van der Waals surface area contributed by atoms with E-state index in [2.05, 4.69) is 14.8 Å². The fourth-order valence-electron chi connectivity index (χ4n) is 4.67. The molecule has 1 fully saturated rings. The van der Waals surface area contributed by atoms with Gasteiger partial charge in [0, 0.05) is 26.2 Å². The molecule has 0 saturated carbocycles. The summed E-state index contributed by atoms with van der Waals surface area (Å²) in [6.07, 6.45) is 1.94. The second-order valence-electron chi connectivity index (χ2n) is 8.59. The fraction of sp³-hybridized carbons (Fsp3) is 0.214. The van der Waals surface area contributed by atoms with Crippen LogP contribution in [0.25, 0.3) is 11.1 Å². The van der Waals surface area contributed by atoms with Crippen molar-refractivity contribution in [2.45, 2.75) is 11.2 Å². The Hall–Kier alpha value is -3.00. The van der Waals surface area contributed by atoms with E-state index in [-0.39, 0.29) is 17.7 Å². The van der Waals surface area contributed by atoms with Crippen LogP contribution >= 0.6 is 23.4 Å². The molecule has 8 heteroatoms. The smallest absolute Gasteiger partial charge is 0.190 e. The van der Waals surface area contributed by atoms with Crippen LogP contribution in [0, 0.1) is 11.6 Å². The summed E-state index contributed by atoms with van der Waals surface area (Å²) in [4.78, 5) is 13.9. The van der Waals surface area contributed by atoms with Crippen molar-refractivity contribution in [2.24, 2.45) is 0 Å². The highest BCUT2D eigenvalue weighted by Crippen LogP contribution is 2.37. The molecule has 4 aromatic rings. The fourth-order valence-corrected chi connectivity index (χ4v) is 5.36. The molecule has 36 heavy (non-hydrogen) atoms. The molecule has 4 nitrogen and oxygen atoms in total. The second-order valence-corrected chi connectivity index (χ2v) is 9.73. The molecule has 3 aromatic carbocycles. The molecule has 5 rings (SSSR count). The van der Waals surface area contributed by atoms with Crippen LogP contribution < -0.4 is 4.90 Å². The highest BCUT2D eigenvalue weighted by molar-refractivity contribution is 7.98. The maximum absolute atomic E-state index is 13.7. The zero-order valence-corrected chi connectivity index (χ0v) is 21.3. The first-order valence-corrected chi connectivity index (χ1v) is 13.3. The van der Waals surface area contributed by atoms with Crippen molar-refractivity contribution in [2.75, 3.05) is 37.3 Å². The van der Waals surface area contributed by atoms with Crippen LogP contribution in [0.3, 0.4) is 0 Å². The Balaban J connectivity index is 1.45. The van der Waals surface area contributed by atoms with Crippen LogP contribution in [0.2, 0.25) is 5.15 Å². The van der Waals surface area contributed by atoms with E-state index in [4.69, 9.17) is 16.6 Å². The quantitative estimate of drug-likeness (QED) is 0.160. The van der Waals surface area contributed by atoms with E-state index in [0.717, 1.165) is 54.3 Å². The minimum absolute atomic E-state index is 0.113. The Kier molecular flexibility index (Phi) is 7.51. The molecule has 2 heterocycles. The molecule has 1 saturated heterocycles. The number of nitrogens with zero attached hydrogens (tertiary/aromatic N) is 4. The molecular weight excluding hydrogens is 498 g/mol. The summed E-state index contributed by atoms with van der Waals surface area (Å²) in [6.45, 7) is 2.92. The predicted octanol–water partition coefficient (Wildman–Crippen LogP) is 6.71. The molecule has 0 unspecified atom stereocenters. The van der Waals surface area contributed by atoms with Crippen molar-refractivity contribution in [1.29, 1.82) is 0 Å². The maximum atomic E-state index is 13.7. The molecule has 0 N–H and O–H groups in total. The Morgan fingerprint density at radius 1 is 0.778 bits per heavy atom. The van der Waals surface area contributed by atoms with Crippen molar-refractivity contribution in [3.8, 4) is 11.1 Å². The van der Waals surface area contributed by atoms with Gasteiger partial charge in [-0.3, -0.25) is 4.90 Å².